The Hall–Kier alpha value is -0.150. The summed E-state index contributed by atoms with van der Waals surface area (Å²) in [7, 11) is 0. The summed E-state index contributed by atoms with van der Waals surface area (Å²) >= 11 is 5.06. The Bertz CT molecular complexity index is 236. The Balaban J connectivity index is 1.89. The number of piperidine rings is 1. The molecule has 0 aromatic heterocycles. The van der Waals surface area contributed by atoms with Gasteiger partial charge < -0.3 is 5.73 Å². The fourth-order valence-corrected chi connectivity index (χ4v) is 3.34. The van der Waals surface area contributed by atoms with Gasteiger partial charge in [0.25, 0.3) is 0 Å². The van der Waals surface area contributed by atoms with Crippen LogP contribution in [0.25, 0.3) is 0 Å². The van der Waals surface area contributed by atoms with Crippen molar-refractivity contribution in [2.75, 3.05) is 13.1 Å². The molecule has 2 nitrogen and oxygen atoms in total. The molecular weight excluding hydrogens is 204 g/mol. The molecule has 1 saturated heterocycles. The maximum Gasteiger partial charge on any atom is 0.0899 e. The second-order valence-corrected chi connectivity index (χ2v) is 5.79. The molecule has 0 aromatic carbocycles. The number of hydrogen-bond acceptors (Lipinski definition) is 2. The molecule has 86 valence electrons. The number of rotatable bonds is 2. The minimum atomic E-state index is 0.291. The van der Waals surface area contributed by atoms with E-state index in [1.54, 1.807) is 0 Å². The zero-order valence-corrected chi connectivity index (χ0v) is 10.5. The second kappa shape index (κ2) is 4.38. The molecule has 1 aliphatic carbocycles. The minimum Gasteiger partial charge on any atom is -0.392 e. The lowest BCUT2D eigenvalue weighted by Gasteiger charge is -2.41. The number of thiocarbonyl (C=S) groups is 1. The van der Waals surface area contributed by atoms with Crippen LogP contribution in [0, 0.1) is 5.41 Å². The van der Waals surface area contributed by atoms with E-state index in [2.05, 4.69) is 11.8 Å². The predicted molar refractivity (Wildman–Crippen MR) is 68.0 cm³/mol. The van der Waals surface area contributed by atoms with Crippen molar-refractivity contribution in [2.45, 2.75) is 51.5 Å². The third-order valence-electron chi connectivity index (χ3n) is 4.48. The van der Waals surface area contributed by atoms with Gasteiger partial charge in [-0.05, 0) is 51.1 Å². The molecule has 1 unspecified atom stereocenters. The van der Waals surface area contributed by atoms with Crippen LogP contribution in [0.3, 0.4) is 0 Å². The maximum atomic E-state index is 5.70. The SMILES string of the molecule is CC(C(N)=S)N1CCC2(CCCC2)CC1. The highest BCUT2D eigenvalue weighted by Gasteiger charge is 2.37. The number of hydrogen-bond donors (Lipinski definition) is 1. The fourth-order valence-electron chi connectivity index (χ4n) is 3.19. The maximum absolute atomic E-state index is 5.70. The molecule has 15 heavy (non-hydrogen) atoms. The monoisotopic (exact) mass is 226 g/mol. The zero-order chi connectivity index (χ0) is 10.9. The molecule has 3 heteroatoms. The van der Waals surface area contributed by atoms with Crippen LogP contribution in [0.5, 0.6) is 0 Å². The van der Waals surface area contributed by atoms with Gasteiger partial charge in [-0.25, -0.2) is 0 Å². The first-order chi connectivity index (χ1) is 7.13. The molecule has 0 radical (unpaired) electrons. The molecule has 1 aliphatic heterocycles. The third-order valence-corrected chi connectivity index (χ3v) is 4.82. The Labute approximate surface area is 98.2 Å². The number of nitrogens with zero attached hydrogens (tertiary/aromatic N) is 1. The highest BCUT2D eigenvalue weighted by atomic mass is 32.1. The van der Waals surface area contributed by atoms with Crippen LogP contribution < -0.4 is 5.73 Å². The second-order valence-electron chi connectivity index (χ2n) is 5.32. The first-order valence-corrected chi connectivity index (χ1v) is 6.57. The average molecular weight is 226 g/mol. The summed E-state index contributed by atoms with van der Waals surface area (Å²) in [5.74, 6) is 0. The molecule has 1 atom stereocenters. The molecule has 2 rings (SSSR count). The molecule has 2 N–H and O–H groups in total. The van der Waals surface area contributed by atoms with Crippen molar-refractivity contribution in [1.82, 2.24) is 4.90 Å². The van der Waals surface area contributed by atoms with E-state index < -0.39 is 0 Å². The van der Waals surface area contributed by atoms with Crippen LogP contribution in [0.15, 0.2) is 0 Å². The van der Waals surface area contributed by atoms with Gasteiger partial charge in [-0.3, -0.25) is 4.90 Å². The number of likely N-dealkylation sites (tertiary alicyclic amines) is 1. The standard InChI is InChI=1S/C12H22N2S/c1-10(11(13)15)14-8-6-12(7-9-14)4-2-3-5-12/h10H,2-9H2,1H3,(H2,13,15). The molecule has 2 aliphatic rings. The highest BCUT2D eigenvalue weighted by molar-refractivity contribution is 7.80. The summed E-state index contributed by atoms with van der Waals surface area (Å²) in [6.45, 7) is 4.52. The van der Waals surface area contributed by atoms with E-state index in [1.807, 2.05) is 0 Å². The van der Waals surface area contributed by atoms with E-state index in [0.29, 0.717) is 16.4 Å². The van der Waals surface area contributed by atoms with E-state index in [4.69, 9.17) is 18.0 Å². The van der Waals surface area contributed by atoms with Crippen molar-refractivity contribution in [1.29, 1.82) is 0 Å². The molecular formula is C12H22N2S. The first kappa shape index (κ1) is 11.3. The van der Waals surface area contributed by atoms with Crippen LogP contribution in [0.1, 0.15) is 45.4 Å². The van der Waals surface area contributed by atoms with Gasteiger partial charge in [-0.2, -0.15) is 0 Å². The minimum absolute atomic E-state index is 0.291. The van der Waals surface area contributed by atoms with Crippen molar-refractivity contribution < 1.29 is 0 Å². The Kier molecular flexibility index (Phi) is 3.31. The van der Waals surface area contributed by atoms with Crippen molar-refractivity contribution in [3.8, 4) is 0 Å². The van der Waals surface area contributed by atoms with Gasteiger partial charge in [-0.1, -0.05) is 25.1 Å². The van der Waals surface area contributed by atoms with E-state index in [0.717, 1.165) is 0 Å². The molecule has 2 fully saturated rings. The van der Waals surface area contributed by atoms with Crippen LogP contribution in [0.2, 0.25) is 0 Å². The van der Waals surface area contributed by atoms with E-state index in [1.165, 1.54) is 51.6 Å². The summed E-state index contributed by atoms with van der Waals surface area (Å²) in [5.41, 5.74) is 6.40. The van der Waals surface area contributed by atoms with Gasteiger partial charge in [0.05, 0.1) is 11.0 Å². The quantitative estimate of drug-likeness (QED) is 0.733. The summed E-state index contributed by atoms with van der Waals surface area (Å²) in [4.78, 5) is 3.10. The van der Waals surface area contributed by atoms with Crippen LogP contribution in [-0.2, 0) is 0 Å². The molecule has 0 bridgehead atoms. The first-order valence-electron chi connectivity index (χ1n) is 6.16. The van der Waals surface area contributed by atoms with Crippen LogP contribution >= 0.6 is 12.2 Å². The summed E-state index contributed by atoms with van der Waals surface area (Å²) < 4.78 is 0. The third kappa shape index (κ3) is 2.34. The fraction of sp³-hybridized carbons (Fsp3) is 0.917. The average Bonchev–Trinajstić information content (AvgIpc) is 2.67. The zero-order valence-electron chi connectivity index (χ0n) is 9.67. The molecule has 1 saturated carbocycles. The predicted octanol–water partition coefficient (Wildman–Crippen LogP) is 2.32. The van der Waals surface area contributed by atoms with Gasteiger partial charge in [-0.15, -0.1) is 0 Å². The van der Waals surface area contributed by atoms with Gasteiger partial charge in [0, 0.05) is 0 Å². The van der Waals surface area contributed by atoms with Crippen molar-refractivity contribution in [2.24, 2.45) is 11.1 Å². The molecule has 1 spiro atoms. The van der Waals surface area contributed by atoms with Crippen molar-refractivity contribution >= 4 is 17.2 Å². The van der Waals surface area contributed by atoms with Crippen LogP contribution in [-0.4, -0.2) is 29.0 Å². The largest absolute Gasteiger partial charge is 0.392 e. The van der Waals surface area contributed by atoms with Crippen LogP contribution in [0.4, 0.5) is 0 Å². The Morgan fingerprint density at radius 2 is 1.73 bits per heavy atom. The van der Waals surface area contributed by atoms with E-state index in [-0.39, 0.29) is 0 Å². The lowest BCUT2D eigenvalue weighted by atomic mass is 9.77. The van der Waals surface area contributed by atoms with E-state index >= 15 is 0 Å². The summed E-state index contributed by atoms with van der Waals surface area (Å²) in [5, 5.41) is 0. The topological polar surface area (TPSA) is 29.3 Å². The highest BCUT2D eigenvalue weighted by Crippen LogP contribution is 2.46. The normalized spacial score (nSPS) is 28.1. The lowest BCUT2D eigenvalue weighted by Crippen LogP contribution is -2.48. The Morgan fingerprint density at radius 1 is 1.20 bits per heavy atom. The van der Waals surface area contributed by atoms with E-state index in [9.17, 15) is 0 Å². The van der Waals surface area contributed by atoms with Gasteiger partial charge in [0.2, 0.25) is 0 Å². The van der Waals surface area contributed by atoms with Gasteiger partial charge in [0.1, 0.15) is 0 Å². The smallest absolute Gasteiger partial charge is 0.0899 e. The molecule has 0 aromatic rings. The van der Waals surface area contributed by atoms with Gasteiger partial charge >= 0.3 is 0 Å². The summed E-state index contributed by atoms with van der Waals surface area (Å²) in [6.07, 6.45) is 8.54. The Morgan fingerprint density at radius 3 is 2.20 bits per heavy atom. The number of nitrogens with two attached hydrogens (primary N) is 1. The lowest BCUT2D eigenvalue weighted by molar-refractivity contribution is 0.0998. The van der Waals surface area contributed by atoms with Crippen molar-refractivity contribution in [3.05, 3.63) is 0 Å². The molecule has 0 amide bonds. The van der Waals surface area contributed by atoms with Gasteiger partial charge in [0.15, 0.2) is 0 Å². The molecule has 1 heterocycles. The summed E-state index contributed by atoms with van der Waals surface area (Å²) in [6, 6.07) is 0.291. The van der Waals surface area contributed by atoms with Crippen molar-refractivity contribution in [3.63, 3.8) is 0 Å².